The van der Waals surface area contributed by atoms with Gasteiger partial charge in [0.25, 0.3) is 0 Å². The van der Waals surface area contributed by atoms with E-state index in [0.717, 1.165) is 4.88 Å². The number of rotatable bonds is 4. The monoisotopic (exact) mass is 356 g/mol. The summed E-state index contributed by atoms with van der Waals surface area (Å²) in [6, 6.07) is 1.65. The van der Waals surface area contributed by atoms with Gasteiger partial charge < -0.3 is 19.4 Å². The van der Waals surface area contributed by atoms with Crippen LogP contribution in [0.1, 0.15) is 4.88 Å². The summed E-state index contributed by atoms with van der Waals surface area (Å²) < 4.78 is 5.84. The van der Waals surface area contributed by atoms with E-state index in [1.807, 2.05) is 0 Å². The summed E-state index contributed by atoms with van der Waals surface area (Å²) in [6.07, 6.45) is 1.65. The number of ether oxygens (including phenoxy) is 1. The Morgan fingerprint density at radius 3 is 3.04 bits per heavy atom. The van der Waals surface area contributed by atoms with Crippen molar-refractivity contribution >= 4 is 40.5 Å². The summed E-state index contributed by atoms with van der Waals surface area (Å²) in [7, 11) is 2.97. The molecule has 23 heavy (non-hydrogen) atoms. The van der Waals surface area contributed by atoms with Crippen LogP contribution in [0, 0.1) is 11.3 Å². The molecule has 122 valence electrons. The molecule has 1 aromatic rings. The molecule has 0 bridgehead atoms. The molecule has 1 aliphatic rings. The molecule has 1 amide bonds. The van der Waals surface area contributed by atoms with Crippen LogP contribution in [0.4, 0.5) is 0 Å². The predicted octanol–water partition coefficient (Wildman–Crippen LogP) is 0.884. The Labute approximate surface area is 141 Å². The summed E-state index contributed by atoms with van der Waals surface area (Å²) in [5.41, 5.74) is -0.430. The number of nitriles is 1. The molecule has 1 fully saturated rings. The van der Waals surface area contributed by atoms with Crippen LogP contribution in [0.5, 0.6) is 0 Å². The van der Waals surface area contributed by atoms with Gasteiger partial charge in [-0.15, -0.1) is 11.3 Å². The number of hydrogen-bond donors (Lipinski definition) is 0. The highest BCUT2D eigenvalue weighted by molar-refractivity contribution is 7.15. The number of halogens is 1. The van der Waals surface area contributed by atoms with Crippen LogP contribution in [0.25, 0.3) is 0 Å². The molecule has 0 aromatic carbocycles. The molecule has 2 heterocycles. The van der Waals surface area contributed by atoms with Crippen molar-refractivity contribution in [3.63, 3.8) is 0 Å². The topological polar surface area (TPSA) is 103 Å². The molecule has 0 atom stereocenters. The van der Waals surface area contributed by atoms with Crippen molar-refractivity contribution in [1.29, 1.82) is 5.26 Å². The van der Waals surface area contributed by atoms with Gasteiger partial charge in [0.1, 0.15) is 26.6 Å². The second-order valence-electron chi connectivity index (χ2n) is 4.39. The highest BCUT2D eigenvalue weighted by atomic mass is 35.5. The number of carbonyl (C=O) groups is 1. The zero-order chi connectivity index (χ0) is 16.8. The first kappa shape index (κ1) is 17.1. The third-order valence-corrected chi connectivity index (χ3v) is 3.82. The van der Waals surface area contributed by atoms with Crippen LogP contribution in [0.2, 0.25) is 4.47 Å². The van der Waals surface area contributed by atoms with Crippen molar-refractivity contribution in [2.75, 3.05) is 27.6 Å². The van der Waals surface area contributed by atoms with E-state index < -0.39 is 11.6 Å². The number of thiazole rings is 1. The molecule has 0 unspecified atom stereocenters. The van der Waals surface area contributed by atoms with E-state index in [4.69, 9.17) is 21.6 Å². The lowest BCUT2D eigenvalue weighted by Crippen LogP contribution is -2.49. The van der Waals surface area contributed by atoms with Crippen LogP contribution >= 0.6 is 22.9 Å². The lowest BCUT2D eigenvalue weighted by molar-refractivity contribution is -0.112. The van der Waals surface area contributed by atoms with Gasteiger partial charge in [0.05, 0.1) is 6.54 Å². The molecule has 1 saturated heterocycles. The first-order chi connectivity index (χ1) is 11.0. The number of guanidine groups is 1. The number of carbonyl (C=O) groups excluding carboxylic acids is 1. The lowest BCUT2D eigenvalue weighted by Gasteiger charge is -2.36. The third kappa shape index (κ3) is 4.38. The number of aromatic nitrogens is 1. The first-order valence-corrected chi connectivity index (χ1v) is 7.53. The quantitative estimate of drug-likeness (QED) is 0.582. The maximum atomic E-state index is 12.0. The number of hydrogen-bond acceptors (Lipinski definition) is 7. The average molecular weight is 357 g/mol. The molecule has 0 N–H and O–H groups in total. The molecule has 0 spiro atoms. The second-order valence-corrected chi connectivity index (χ2v) is 6.09. The van der Waals surface area contributed by atoms with Gasteiger partial charge >= 0.3 is 5.91 Å². The Bertz CT molecular complexity index is 683. The lowest BCUT2D eigenvalue weighted by atomic mass is 10.4. The van der Waals surface area contributed by atoms with E-state index in [2.05, 4.69) is 20.0 Å². The molecular weight excluding hydrogens is 344 g/mol. The fraction of sp³-hybridized carbons (Fsp3) is 0.417. The molecular formula is C12H13ClN6O3S. The Morgan fingerprint density at radius 2 is 2.43 bits per heavy atom. The van der Waals surface area contributed by atoms with E-state index in [0.29, 0.717) is 17.0 Å². The molecule has 1 aliphatic heterocycles. The van der Waals surface area contributed by atoms with Crippen molar-refractivity contribution < 1.29 is 14.4 Å². The molecule has 1 aromatic heterocycles. The van der Waals surface area contributed by atoms with Crippen molar-refractivity contribution in [2.45, 2.75) is 6.54 Å². The van der Waals surface area contributed by atoms with E-state index in [1.54, 1.807) is 29.1 Å². The normalized spacial score (nSPS) is 17.3. The van der Waals surface area contributed by atoms with Crippen LogP contribution < -0.4 is 0 Å². The van der Waals surface area contributed by atoms with Crippen LogP contribution in [0.15, 0.2) is 16.3 Å². The zero-order valence-electron chi connectivity index (χ0n) is 12.4. The molecule has 2 rings (SSSR count). The summed E-state index contributed by atoms with van der Waals surface area (Å²) >= 11 is 7.14. The van der Waals surface area contributed by atoms with Gasteiger partial charge in [-0.05, 0) is 0 Å². The largest absolute Gasteiger partial charge is 0.398 e. The van der Waals surface area contributed by atoms with E-state index in [1.165, 1.54) is 18.4 Å². The van der Waals surface area contributed by atoms with Crippen LogP contribution in [-0.4, -0.2) is 60.0 Å². The van der Waals surface area contributed by atoms with E-state index >= 15 is 0 Å². The van der Waals surface area contributed by atoms with Crippen molar-refractivity contribution in [2.24, 2.45) is 10.1 Å². The fourth-order valence-corrected chi connectivity index (χ4v) is 2.80. The molecule has 0 radical (unpaired) electrons. The smallest absolute Gasteiger partial charge is 0.313 e. The summed E-state index contributed by atoms with van der Waals surface area (Å²) in [5, 5.41) is 12.3. The van der Waals surface area contributed by atoms with Crippen molar-refractivity contribution in [3.05, 3.63) is 15.5 Å². The number of oxime groups is 1. The number of aliphatic imine (C=N–C) groups is 1. The highest BCUT2D eigenvalue weighted by Crippen LogP contribution is 2.20. The number of amides is 1. The van der Waals surface area contributed by atoms with Crippen LogP contribution in [0.3, 0.4) is 0 Å². The van der Waals surface area contributed by atoms with Gasteiger partial charge in [0, 0.05) is 18.1 Å². The maximum absolute atomic E-state index is 12.0. The molecule has 0 saturated carbocycles. The van der Waals surface area contributed by atoms with Gasteiger partial charge in [-0.2, -0.15) is 10.3 Å². The van der Waals surface area contributed by atoms with Crippen molar-refractivity contribution in [3.8, 4) is 6.07 Å². The minimum absolute atomic E-state index is 0.245. The Morgan fingerprint density at radius 1 is 1.65 bits per heavy atom. The van der Waals surface area contributed by atoms with Gasteiger partial charge in [-0.1, -0.05) is 16.8 Å². The predicted molar refractivity (Wildman–Crippen MR) is 83.7 cm³/mol. The second kappa shape index (κ2) is 7.87. The number of nitrogens with zero attached hydrogens (tertiary/aromatic N) is 6. The van der Waals surface area contributed by atoms with Gasteiger partial charge in [0.15, 0.2) is 4.47 Å². The summed E-state index contributed by atoms with van der Waals surface area (Å²) in [6.45, 7) is 0.939. The highest BCUT2D eigenvalue weighted by Gasteiger charge is 2.25. The SMILES string of the molecule is CO/N=C(\C#N)C(=O)N=C1N(C)COCN1Cc1cnc(Cl)s1. The molecule has 0 aliphatic carbocycles. The summed E-state index contributed by atoms with van der Waals surface area (Å²) in [5.74, 6) is -0.421. The van der Waals surface area contributed by atoms with E-state index in [-0.39, 0.29) is 13.5 Å². The van der Waals surface area contributed by atoms with Gasteiger partial charge in [-0.25, -0.2) is 4.98 Å². The standard InChI is InChI=1S/C12H13ClN6O3S/c1-18-6-22-7-19(5-8-4-15-11(13)23-8)12(18)16-10(20)9(3-14)17-21-2/h4H,5-7H2,1-2H3/b16-12?,17-9+. The molecule has 9 nitrogen and oxygen atoms in total. The Balaban J connectivity index is 2.23. The van der Waals surface area contributed by atoms with Gasteiger partial charge in [-0.3, -0.25) is 4.79 Å². The van der Waals surface area contributed by atoms with Gasteiger partial charge in [0.2, 0.25) is 11.7 Å². The van der Waals surface area contributed by atoms with Crippen molar-refractivity contribution in [1.82, 2.24) is 14.8 Å². The first-order valence-electron chi connectivity index (χ1n) is 6.33. The fourth-order valence-electron chi connectivity index (χ4n) is 1.80. The Hall–Kier alpha value is -2.22. The third-order valence-electron chi connectivity index (χ3n) is 2.72. The average Bonchev–Trinajstić information content (AvgIpc) is 2.93. The Kier molecular flexibility index (Phi) is 5.86. The maximum Gasteiger partial charge on any atom is 0.313 e. The summed E-state index contributed by atoms with van der Waals surface area (Å²) in [4.78, 5) is 28.7. The van der Waals surface area contributed by atoms with Crippen LogP contribution in [-0.2, 0) is 20.9 Å². The minimum Gasteiger partial charge on any atom is -0.398 e. The van der Waals surface area contributed by atoms with E-state index in [9.17, 15) is 4.79 Å². The minimum atomic E-state index is -0.787. The molecule has 11 heteroatoms. The zero-order valence-corrected chi connectivity index (χ0v) is 14.0.